The van der Waals surface area contributed by atoms with E-state index in [9.17, 15) is 4.79 Å². The molecular weight excluding hydrogens is 226 g/mol. The molecule has 1 unspecified atom stereocenters. The number of anilines is 1. The molecule has 1 heterocycles. The second-order valence-electron chi connectivity index (χ2n) is 4.50. The molecule has 1 fully saturated rings. The minimum absolute atomic E-state index is 0.0393. The number of benzene rings is 1. The van der Waals surface area contributed by atoms with E-state index in [-0.39, 0.29) is 11.9 Å². The molecule has 1 atom stereocenters. The Balaban J connectivity index is 2.34. The van der Waals surface area contributed by atoms with E-state index >= 15 is 0 Å². The van der Waals surface area contributed by atoms with Gasteiger partial charge in [0.25, 0.3) is 0 Å². The maximum Gasteiger partial charge on any atom is 0.243 e. The van der Waals surface area contributed by atoms with Crippen LogP contribution in [0.25, 0.3) is 0 Å². The fourth-order valence-electron chi connectivity index (χ4n) is 2.19. The van der Waals surface area contributed by atoms with Crippen LogP contribution < -0.4 is 10.2 Å². The molecule has 0 spiro atoms. The van der Waals surface area contributed by atoms with Gasteiger partial charge in [-0.2, -0.15) is 5.26 Å². The standard InChI is InChI=1S/C14H17N3O/c1-11-14(18)17(9-5-4-8-16-11)13-7-3-2-6-12(13)10-15/h2-3,6-7,11,16H,4-5,8-9H2,1H3. The van der Waals surface area contributed by atoms with Crippen molar-refractivity contribution in [2.75, 3.05) is 18.0 Å². The third-order valence-electron chi connectivity index (χ3n) is 3.21. The van der Waals surface area contributed by atoms with Gasteiger partial charge in [0.1, 0.15) is 6.07 Å². The van der Waals surface area contributed by atoms with Crippen molar-refractivity contribution in [3.63, 3.8) is 0 Å². The number of para-hydroxylation sites is 1. The summed E-state index contributed by atoms with van der Waals surface area (Å²) in [6, 6.07) is 9.22. The molecule has 1 aromatic carbocycles. The zero-order valence-corrected chi connectivity index (χ0v) is 10.5. The van der Waals surface area contributed by atoms with Gasteiger partial charge in [0, 0.05) is 6.54 Å². The summed E-state index contributed by atoms with van der Waals surface area (Å²) in [5, 5.41) is 12.3. The monoisotopic (exact) mass is 243 g/mol. The Hall–Kier alpha value is -1.86. The van der Waals surface area contributed by atoms with Crippen molar-refractivity contribution in [3.05, 3.63) is 29.8 Å². The third-order valence-corrected chi connectivity index (χ3v) is 3.21. The van der Waals surface area contributed by atoms with Crippen LogP contribution in [0.15, 0.2) is 24.3 Å². The van der Waals surface area contributed by atoms with Crippen molar-refractivity contribution < 1.29 is 4.79 Å². The minimum Gasteiger partial charge on any atom is -0.310 e. The van der Waals surface area contributed by atoms with Crippen LogP contribution >= 0.6 is 0 Å². The summed E-state index contributed by atoms with van der Waals surface area (Å²) in [7, 11) is 0. The number of carbonyl (C=O) groups excluding carboxylic acids is 1. The summed E-state index contributed by atoms with van der Waals surface area (Å²) < 4.78 is 0. The van der Waals surface area contributed by atoms with Gasteiger partial charge in [0.05, 0.1) is 17.3 Å². The lowest BCUT2D eigenvalue weighted by Crippen LogP contribution is -2.47. The summed E-state index contributed by atoms with van der Waals surface area (Å²) in [6.45, 7) is 3.43. The molecule has 4 nitrogen and oxygen atoms in total. The molecule has 1 N–H and O–H groups in total. The molecule has 1 aromatic rings. The molecule has 0 radical (unpaired) electrons. The first-order valence-corrected chi connectivity index (χ1v) is 6.28. The normalized spacial score (nSPS) is 21.0. The van der Waals surface area contributed by atoms with E-state index in [0.717, 1.165) is 25.1 Å². The number of carbonyl (C=O) groups is 1. The third kappa shape index (κ3) is 2.52. The minimum atomic E-state index is -0.197. The Morgan fingerprint density at radius 1 is 1.39 bits per heavy atom. The van der Waals surface area contributed by atoms with Gasteiger partial charge in [0.15, 0.2) is 0 Å². The van der Waals surface area contributed by atoms with Crippen LogP contribution in [-0.4, -0.2) is 25.0 Å². The molecule has 94 valence electrons. The van der Waals surface area contributed by atoms with Crippen LogP contribution in [0.1, 0.15) is 25.3 Å². The Labute approximate surface area is 107 Å². The second kappa shape index (κ2) is 5.65. The number of hydrogen-bond acceptors (Lipinski definition) is 3. The van der Waals surface area contributed by atoms with Crippen molar-refractivity contribution in [2.45, 2.75) is 25.8 Å². The zero-order valence-electron chi connectivity index (χ0n) is 10.5. The predicted octanol–water partition coefficient (Wildman–Crippen LogP) is 1.66. The highest BCUT2D eigenvalue weighted by atomic mass is 16.2. The summed E-state index contributed by atoms with van der Waals surface area (Å²) in [4.78, 5) is 14.1. The van der Waals surface area contributed by atoms with Crippen molar-refractivity contribution in [1.29, 1.82) is 5.26 Å². The summed E-state index contributed by atoms with van der Waals surface area (Å²) >= 11 is 0. The van der Waals surface area contributed by atoms with E-state index in [1.54, 1.807) is 11.0 Å². The van der Waals surface area contributed by atoms with Gasteiger partial charge in [-0.3, -0.25) is 4.79 Å². The van der Waals surface area contributed by atoms with Crippen LogP contribution in [0.2, 0.25) is 0 Å². The Morgan fingerprint density at radius 3 is 2.94 bits per heavy atom. The predicted molar refractivity (Wildman–Crippen MR) is 70.2 cm³/mol. The lowest BCUT2D eigenvalue weighted by molar-refractivity contribution is -0.120. The fourth-order valence-corrected chi connectivity index (χ4v) is 2.19. The lowest BCUT2D eigenvalue weighted by atomic mass is 10.1. The largest absolute Gasteiger partial charge is 0.310 e. The zero-order chi connectivity index (χ0) is 13.0. The molecule has 1 aliphatic rings. The summed E-state index contributed by atoms with van der Waals surface area (Å²) in [5.74, 6) is 0.0393. The van der Waals surface area contributed by atoms with Gasteiger partial charge in [-0.1, -0.05) is 12.1 Å². The van der Waals surface area contributed by atoms with E-state index in [1.807, 2.05) is 25.1 Å². The first kappa shape index (κ1) is 12.6. The molecular formula is C14H17N3O. The lowest BCUT2D eigenvalue weighted by Gasteiger charge is -2.29. The second-order valence-corrected chi connectivity index (χ2v) is 4.50. The Bertz CT molecular complexity index is 478. The molecule has 1 aliphatic heterocycles. The maximum absolute atomic E-state index is 12.3. The molecule has 2 rings (SSSR count). The number of nitrogens with zero attached hydrogens (tertiary/aromatic N) is 2. The van der Waals surface area contributed by atoms with Gasteiger partial charge in [-0.25, -0.2) is 0 Å². The molecule has 1 amide bonds. The van der Waals surface area contributed by atoms with Crippen LogP contribution in [0.4, 0.5) is 5.69 Å². The van der Waals surface area contributed by atoms with Gasteiger partial charge in [-0.15, -0.1) is 0 Å². The van der Waals surface area contributed by atoms with Crippen LogP contribution in [0.5, 0.6) is 0 Å². The molecule has 18 heavy (non-hydrogen) atoms. The molecule has 0 saturated carbocycles. The summed E-state index contributed by atoms with van der Waals surface area (Å²) in [5.41, 5.74) is 1.28. The molecule has 0 aromatic heterocycles. The molecule has 1 saturated heterocycles. The molecule has 0 bridgehead atoms. The van der Waals surface area contributed by atoms with Crippen molar-refractivity contribution in [3.8, 4) is 6.07 Å². The van der Waals surface area contributed by atoms with Crippen molar-refractivity contribution in [1.82, 2.24) is 5.32 Å². The van der Waals surface area contributed by atoms with Gasteiger partial charge >= 0.3 is 0 Å². The first-order valence-electron chi connectivity index (χ1n) is 6.28. The molecule has 0 aliphatic carbocycles. The first-order chi connectivity index (χ1) is 8.74. The average Bonchev–Trinajstić information content (AvgIpc) is 2.40. The Morgan fingerprint density at radius 2 is 2.17 bits per heavy atom. The highest BCUT2D eigenvalue weighted by molar-refractivity contribution is 5.98. The fraction of sp³-hybridized carbons (Fsp3) is 0.429. The number of nitrogens with one attached hydrogen (secondary N) is 1. The maximum atomic E-state index is 12.3. The van der Waals surface area contributed by atoms with E-state index < -0.39 is 0 Å². The topological polar surface area (TPSA) is 56.1 Å². The summed E-state index contributed by atoms with van der Waals surface area (Å²) in [6.07, 6.45) is 1.99. The van der Waals surface area contributed by atoms with Crippen LogP contribution in [-0.2, 0) is 4.79 Å². The van der Waals surface area contributed by atoms with Crippen molar-refractivity contribution >= 4 is 11.6 Å². The number of hydrogen-bond donors (Lipinski definition) is 1. The van der Waals surface area contributed by atoms with Crippen LogP contribution in [0, 0.1) is 11.3 Å². The average molecular weight is 243 g/mol. The highest BCUT2D eigenvalue weighted by Gasteiger charge is 2.24. The smallest absolute Gasteiger partial charge is 0.243 e. The highest BCUT2D eigenvalue weighted by Crippen LogP contribution is 2.21. The molecule has 4 heteroatoms. The van der Waals surface area contributed by atoms with Gasteiger partial charge in [0.2, 0.25) is 5.91 Å². The quantitative estimate of drug-likeness (QED) is 0.816. The van der Waals surface area contributed by atoms with E-state index in [4.69, 9.17) is 5.26 Å². The van der Waals surface area contributed by atoms with Crippen molar-refractivity contribution in [2.24, 2.45) is 0 Å². The van der Waals surface area contributed by atoms with E-state index in [2.05, 4.69) is 11.4 Å². The number of rotatable bonds is 1. The van der Waals surface area contributed by atoms with Crippen LogP contribution in [0.3, 0.4) is 0 Å². The van der Waals surface area contributed by atoms with Gasteiger partial charge < -0.3 is 10.2 Å². The van der Waals surface area contributed by atoms with E-state index in [1.165, 1.54) is 0 Å². The van der Waals surface area contributed by atoms with Gasteiger partial charge in [-0.05, 0) is 38.4 Å². The number of nitriles is 1. The van der Waals surface area contributed by atoms with E-state index in [0.29, 0.717) is 12.1 Å². The number of amides is 1. The SMILES string of the molecule is CC1NCCCCN(c2ccccc2C#N)C1=O. The Kier molecular flexibility index (Phi) is 3.96.